The molecule has 1 saturated carbocycles. The zero-order chi connectivity index (χ0) is 22.3. The number of H-pyrrole nitrogens is 1. The second-order valence-electron chi connectivity index (χ2n) is 7.70. The van der Waals surface area contributed by atoms with Gasteiger partial charge in [-0.05, 0) is 56.9 Å². The van der Waals surface area contributed by atoms with Crippen molar-refractivity contribution in [3.05, 3.63) is 5.82 Å². The van der Waals surface area contributed by atoms with E-state index in [2.05, 4.69) is 31.3 Å². The van der Waals surface area contributed by atoms with Gasteiger partial charge in [0.05, 0.1) is 13.2 Å². The molecule has 1 aliphatic heterocycles. The van der Waals surface area contributed by atoms with Crippen molar-refractivity contribution in [2.45, 2.75) is 57.9 Å². The van der Waals surface area contributed by atoms with Crippen LogP contribution < -0.4 is 10.6 Å². The van der Waals surface area contributed by atoms with Crippen LogP contribution in [0.5, 0.6) is 0 Å². The molecule has 29 heavy (non-hydrogen) atoms. The maximum atomic E-state index is 12.4. The van der Waals surface area contributed by atoms with Gasteiger partial charge in [0.2, 0.25) is 0 Å². The van der Waals surface area contributed by atoms with E-state index in [1.165, 1.54) is 0 Å². The van der Waals surface area contributed by atoms with Crippen molar-refractivity contribution in [2.24, 2.45) is 17.8 Å². The van der Waals surface area contributed by atoms with Gasteiger partial charge in [0.25, 0.3) is 0 Å². The van der Waals surface area contributed by atoms with E-state index in [0.717, 1.165) is 25.8 Å². The number of amides is 1. The highest BCUT2D eigenvalue weighted by atomic mass is 16.6. The molecule has 1 aromatic heterocycles. The number of esters is 1. The Balaban J connectivity index is 1.41. The number of piperidine rings is 1. The summed E-state index contributed by atoms with van der Waals surface area (Å²) in [6, 6.07) is -0.349. The highest BCUT2D eigenvalue weighted by Gasteiger charge is 2.38. The van der Waals surface area contributed by atoms with Crippen molar-refractivity contribution >= 4 is 12.1 Å². The van der Waals surface area contributed by atoms with Crippen LogP contribution in [0.4, 0.5) is 4.79 Å². The Morgan fingerprint density at radius 3 is 2.90 bits per heavy atom. The molecule has 1 aliphatic carbocycles. The van der Waals surface area contributed by atoms with E-state index < -0.39 is 12.5 Å². The molecule has 4 atom stereocenters. The smallest absolute Gasteiger partial charge is 0.407 e. The van der Waals surface area contributed by atoms with Gasteiger partial charge in [0, 0.05) is 22.1 Å². The molecule has 3 N–H and O–H groups in total. The first-order valence-electron chi connectivity index (χ1n) is 11.4. The molecule has 1 saturated heterocycles. The van der Waals surface area contributed by atoms with Crippen molar-refractivity contribution in [3.8, 4) is 0 Å². The molecule has 0 aromatic carbocycles. The van der Waals surface area contributed by atoms with E-state index in [-0.39, 0.29) is 37.0 Å². The van der Waals surface area contributed by atoms with Crippen LogP contribution in [0.25, 0.3) is 0 Å². The fourth-order valence-electron chi connectivity index (χ4n) is 4.19. The zero-order valence-electron chi connectivity index (χ0n) is 18.9. The Hall–Kier alpha value is -2.23. The van der Waals surface area contributed by atoms with Crippen LogP contribution >= 0.6 is 0 Å². The predicted octanol–water partition coefficient (Wildman–Crippen LogP) is 1.21. The Kier molecular flexibility index (Phi) is 7.18. The van der Waals surface area contributed by atoms with Gasteiger partial charge >= 0.3 is 12.1 Å². The van der Waals surface area contributed by atoms with Gasteiger partial charge in [-0.25, -0.2) is 4.79 Å². The predicted molar refractivity (Wildman–Crippen MR) is 104 cm³/mol. The monoisotopic (exact) mass is 410 g/mol. The maximum Gasteiger partial charge on any atom is 0.407 e. The van der Waals surface area contributed by atoms with Gasteiger partial charge in [-0.2, -0.15) is 5.21 Å². The third kappa shape index (κ3) is 6.66. The molecular weight excluding hydrogens is 376 g/mol. The number of aryl methyl sites for hydroxylation is 1. The molecular formula is C19H32N6O4. The summed E-state index contributed by atoms with van der Waals surface area (Å²) in [5.74, 6) is 0.899. The van der Waals surface area contributed by atoms with E-state index >= 15 is 0 Å². The third-order valence-corrected chi connectivity index (χ3v) is 5.68. The zero-order valence-corrected chi connectivity index (χ0v) is 16.9. The molecule has 0 radical (unpaired) electrons. The number of alkyl carbamates (subject to hydrolysis) is 1. The summed E-state index contributed by atoms with van der Waals surface area (Å²) in [5, 5.41) is 19.2. The quantitative estimate of drug-likeness (QED) is 0.409. The Morgan fingerprint density at radius 1 is 1.24 bits per heavy atom. The minimum Gasteiger partial charge on any atom is -0.464 e. The van der Waals surface area contributed by atoms with Crippen LogP contribution in [0.2, 0.25) is 0 Å². The summed E-state index contributed by atoms with van der Waals surface area (Å²) in [6.45, 7) is 3.49. The van der Waals surface area contributed by atoms with Crippen molar-refractivity contribution < 1.29 is 21.8 Å². The summed E-state index contributed by atoms with van der Waals surface area (Å²) in [6.07, 6.45) is 2.27. The van der Waals surface area contributed by atoms with Crippen molar-refractivity contribution in [1.29, 1.82) is 0 Å². The molecule has 2 aliphatic rings. The lowest BCUT2D eigenvalue weighted by molar-refractivity contribution is -0.148. The molecule has 2 fully saturated rings. The first kappa shape index (κ1) is 18.8. The van der Waals surface area contributed by atoms with Crippen LogP contribution in [0, 0.1) is 17.8 Å². The molecule has 1 aromatic rings. The highest BCUT2D eigenvalue weighted by Crippen LogP contribution is 2.40. The number of hydrogen-bond donors (Lipinski definition) is 3. The first-order chi connectivity index (χ1) is 14.9. The molecule has 0 unspecified atom stereocenters. The Bertz CT molecular complexity index is 720. The number of rotatable bonds is 9. The van der Waals surface area contributed by atoms with Gasteiger partial charge in [0.15, 0.2) is 5.82 Å². The molecule has 0 bridgehead atoms. The lowest BCUT2D eigenvalue weighted by Gasteiger charge is -2.42. The summed E-state index contributed by atoms with van der Waals surface area (Å²) in [7, 11) is 0. The number of aromatic nitrogens is 4. The summed E-state index contributed by atoms with van der Waals surface area (Å²) < 4.78 is 26.9. The van der Waals surface area contributed by atoms with E-state index in [4.69, 9.17) is 12.2 Å². The van der Waals surface area contributed by atoms with Crippen molar-refractivity contribution in [2.75, 3.05) is 26.3 Å². The van der Waals surface area contributed by atoms with Crippen LogP contribution in [0.3, 0.4) is 0 Å². The summed E-state index contributed by atoms with van der Waals surface area (Å²) in [5.41, 5.74) is 0. The summed E-state index contributed by atoms with van der Waals surface area (Å²) >= 11 is 0. The summed E-state index contributed by atoms with van der Waals surface area (Å²) in [4.78, 5) is 23.7. The number of fused-ring (bicyclic) bond motifs is 1. The van der Waals surface area contributed by atoms with Gasteiger partial charge < -0.3 is 20.1 Å². The minimum atomic E-state index is -1.62. The lowest BCUT2D eigenvalue weighted by Crippen LogP contribution is -2.50. The van der Waals surface area contributed by atoms with Crippen LogP contribution in [0.1, 0.15) is 54.0 Å². The molecule has 10 heteroatoms. The molecule has 0 spiro atoms. The Morgan fingerprint density at radius 2 is 2.10 bits per heavy atom. The van der Waals surface area contributed by atoms with Crippen LogP contribution in [-0.2, 0) is 20.6 Å². The van der Waals surface area contributed by atoms with Gasteiger partial charge in [-0.3, -0.25) is 4.79 Å². The number of hydrogen-bond acceptors (Lipinski definition) is 8. The SMILES string of the molecule is [2H]C([2H])(C[C@H]1CC[C@H]2CN[C@H](C(=O)OCCCOC(=O)NCC)C[C@H]2C1)c1nn[nH]n1. The van der Waals surface area contributed by atoms with Crippen LogP contribution in [-0.4, -0.2) is 65.0 Å². The second kappa shape index (κ2) is 11.1. The second-order valence-corrected chi connectivity index (χ2v) is 7.70. The van der Waals surface area contributed by atoms with E-state index in [9.17, 15) is 9.59 Å². The standard InChI is InChI=1S/C19H32N6O4/c1-2-20-19(27)29-9-3-8-28-18(26)16-11-15-10-13(4-6-14(15)12-21-16)5-7-17-22-24-25-23-17/h13-16,21H,2-12H2,1H3,(H,20,27)(H,22,23,24,25)/t13-,14+,15-,16+/m1/s1/i7D2. The molecule has 1 amide bonds. The highest BCUT2D eigenvalue weighted by molar-refractivity contribution is 5.76. The van der Waals surface area contributed by atoms with Gasteiger partial charge in [-0.1, -0.05) is 11.6 Å². The fraction of sp³-hybridized carbons (Fsp3) is 0.842. The van der Waals surface area contributed by atoms with Gasteiger partial charge in [-0.15, -0.1) is 10.2 Å². The van der Waals surface area contributed by atoms with Crippen LogP contribution in [0.15, 0.2) is 0 Å². The van der Waals surface area contributed by atoms with Gasteiger partial charge in [0.1, 0.15) is 6.04 Å². The molecule has 162 valence electrons. The minimum absolute atomic E-state index is 0.0949. The number of nitrogens with zero attached hydrogens (tertiary/aromatic N) is 3. The van der Waals surface area contributed by atoms with Crippen molar-refractivity contribution in [1.82, 2.24) is 31.3 Å². The fourth-order valence-corrected chi connectivity index (χ4v) is 4.19. The van der Waals surface area contributed by atoms with E-state index in [1.807, 2.05) is 6.92 Å². The average Bonchev–Trinajstić information content (AvgIpc) is 3.29. The maximum absolute atomic E-state index is 12.4. The molecule has 10 nitrogen and oxygen atoms in total. The number of ether oxygens (including phenoxy) is 2. The largest absolute Gasteiger partial charge is 0.464 e. The average molecular weight is 411 g/mol. The number of aromatic amines is 1. The topological polar surface area (TPSA) is 131 Å². The van der Waals surface area contributed by atoms with Crippen molar-refractivity contribution in [3.63, 3.8) is 0 Å². The van der Waals surface area contributed by atoms with E-state index in [0.29, 0.717) is 37.6 Å². The first-order valence-corrected chi connectivity index (χ1v) is 10.4. The number of nitrogens with one attached hydrogen (secondary N) is 3. The third-order valence-electron chi connectivity index (χ3n) is 5.68. The van der Waals surface area contributed by atoms with E-state index in [1.54, 1.807) is 0 Å². The number of carbonyl (C=O) groups is 2. The molecule has 2 heterocycles. The lowest BCUT2D eigenvalue weighted by atomic mass is 9.69. The number of tetrazole rings is 1. The Labute approximate surface area is 173 Å². The number of carbonyl (C=O) groups excluding carboxylic acids is 2. The molecule has 3 rings (SSSR count). The normalized spacial score (nSPS) is 27.9.